The van der Waals surface area contributed by atoms with Gasteiger partial charge < -0.3 is 15.6 Å². The lowest BCUT2D eigenvalue weighted by Gasteiger charge is -2.34. The van der Waals surface area contributed by atoms with Crippen LogP contribution in [0.25, 0.3) is 0 Å². The van der Waals surface area contributed by atoms with Gasteiger partial charge in [-0.2, -0.15) is 0 Å². The van der Waals surface area contributed by atoms with Crippen molar-refractivity contribution >= 4 is 5.91 Å². The van der Waals surface area contributed by atoms with Crippen molar-refractivity contribution < 1.29 is 14.6 Å². The molecule has 1 aliphatic rings. The number of amides is 1. The highest BCUT2D eigenvalue weighted by atomic mass is 16.5. The minimum absolute atomic E-state index is 0.214. The van der Waals surface area contributed by atoms with Crippen LogP contribution in [0.1, 0.15) is 19.3 Å². The Morgan fingerprint density at radius 3 is 2.85 bits per heavy atom. The Bertz CT molecular complexity index is 424. The van der Waals surface area contributed by atoms with Crippen molar-refractivity contribution in [3.8, 4) is 5.75 Å². The fraction of sp³-hybridized carbons (Fsp3) is 0.533. The van der Waals surface area contributed by atoms with E-state index >= 15 is 0 Å². The maximum atomic E-state index is 11.4. The molecule has 0 radical (unpaired) electrons. The van der Waals surface area contributed by atoms with E-state index in [1.165, 1.54) is 0 Å². The molecule has 0 saturated carbocycles. The van der Waals surface area contributed by atoms with Gasteiger partial charge in [0.05, 0.1) is 6.04 Å². The lowest BCUT2D eigenvalue weighted by atomic mass is 10.0. The highest BCUT2D eigenvalue weighted by Crippen LogP contribution is 2.17. The molecule has 2 rings (SSSR count). The van der Waals surface area contributed by atoms with Crippen LogP contribution in [0.5, 0.6) is 5.75 Å². The number of hydrogen-bond donors (Lipinski definition) is 2. The summed E-state index contributed by atoms with van der Waals surface area (Å²) in [5.41, 5.74) is 5.40. The second-order valence-electron chi connectivity index (χ2n) is 5.19. The predicted molar refractivity (Wildman–Crippen MR) is 76.4 cm³/mol. The van der Waals surface area contributed by atoms with Crippen molar-refractivity contribution in [3.63, 3.8) is 0 Å². The Morgan fingerprint density at radius 2 is 2.15 bits per heavy atom. The van der Waals surface area contributed by atoms with E-state index in [4.69, 9.17) is 10.5 Å². The molecule has 0 aromatic heterocycles. The highest BCUT2D eigenvalue weighted by molar-refractivity contribution is 5.79. The van der Waals surface area contributed by atoms with Crippen LogP contribution in [0.3, 0.4) is 0 Å². The fourth-order valence-electron chi connectivity index (χ4n) is 2.56. The van der Waals surface area contributed by atoms with Crippen LogP contribution in [0.2, 0.25) is 0 Å². The molecule has 1 aliphatic heterocycles. The summed E-state index contributed by atoms with van der Waals surface area (Å²) < 4.78 is 5.51. The summed E-state index contributed by atoms with van der Waals surface area (Å²) in [5, 5.41) is 10.0. The van der Waals surface area contributed by atoms with Gasteiger partial charge in [0, 0.05) is 6.54 Å². The molecule has 2 unspecified atom stereocenters. The third-order valence-corrected chi connectivity index (χ3v) is 3.57. The van der Waals surface area contributed by atoms with E-state index in [0.717, 1.165) is 31.6 Å². The van der Waals surface area contributed by atoms with Gasteiger partial charge >= 0.3 is 0 Å². The molecular weight excluding hydrogens is 256 g/mol. The molecule has 0 aliphatic carbocycles. The average Bonchev–Trinajstić information content (AvgIpc) is 2.46. The number of aliphatic hydroxyl groups excluding tert-OH is 1. The highest BCUT2D eigenvalue weighted by Gasteiger charge is 2.28. The molecule has 5 nitrogen and oxygen atoms in total. The first-order valence-corrected chi connectivity index (χ1v) is 7.06. The molecule has 1 fully saturated rings. The summed E-state index contributed by atoms with van der Waals surface area (Å²) >= 11 is 0. The van der Waals surface area contributed by atoms with Crippen molar-refractivity contribution in [2.45, 2.75) is 31.4 Å². The van der Waals surface area contributed by atoms with Crippen LogP contribution < -0.4 is 10.5 Å². The number of carbonyl (C=O) groups is 1. The predicted octanol–water partition coefficient (Wildman–Crippen LogP) is 0.766. The van der Waals surface area contributed by atoms with E-state index in [0.29, 0.717) is 6.54 Å². The van der Waals surface area contributed by atoms with Gasteiger partial charge in [0.25, 0.3) is 0 Å². The number of β-amino-alcohol motifs (C(OH)–C–C–N with tert-alkyl or cyclic N) is 1. The smallest absolute Gasteiger partial charge is 0.234 e. The number of ether oxygens (including phenoxy) is 1. The summed E-state index contributed by atoms with van der Waals surface area (Å²) in [6, 6.07) is 9.12. The molecule has 0 bridgehead atoms. The van der Waals surface area contributed by atoms with Crippen LogP contribution in [0.4, 0.5) is 0 Å². The zero-order valence-electron chi connectivity index (χ0n) is 11.6. The van der Waals surface area contributed by atoms with Gasteiger partial charge in [-0.15, -0.1) is 0 Å². The normalized spacial score (nSPS) is 21.4. The first-order chi connectivity index (χ1) is 9.66. The van der Waals surface area contributed by atoms with Crippen LogP contribution in [0, 0.1) is 0 Å². The summed E-state index contributed by atoms with van der Waals surface area (Å²) in [4.78, 5) is 13.4. The second-order valence-corrected chi connectivity index (χ2v) is 5.19. The molecule has 0 spiro atoms. The molecule has 110 valence electrons. The van der Waals surface area contributed by atoms with Crippen LogP contribution in [0.15, 0.2) is 30.3 Å². The third-order valence-electron chi connectivity index (χ3n) is 3.57. The summed E-state index contributed by atoms with van der Waals surface area (Å²) in [7, 11) is 0. The average molecular weight is 278 g/mol. The molecule has 20 heavy (non-hydrogen) atoms. The first-order valence-electron chi connectivity index (χ1n) is 7.06. The van der Waals surface area contributed by atoms with Crippen LogP contribution in [-0.4, -0.2) is 47.8 Å². The third kappa shape index (κ3) is 4.21. The Kier molecular flexibility index (Phi) is 5.38. The summed E-state index contributed by atoms with van der Waals surface area (Å²) in [6.07, 6.45) is 2.20. The second kappa shape index (κ2) is 7.26. The number of hydrogen-bond acceptors (Lipinski definition) is 4. The number of likely N-dealkylation sites (tertiary alicyclic amines) is 1. The molecule has 3 N–H and O–H groups in total. The SMILES string of the molecule is NC(=O)C1CCCCN1CC(O)COc1ccccc1. The topological polar surface area (TPSA) is 75.8 Å². The Balaban J connectivity index is 1.80. The molecule has 1 aromatic carbocycles. The number of nitrogens with two attached hydrogens (primary N) is 1. The van der Waals surface area contributed by atoms with Crippen molar-refractivity contribution in [1.82, 2.24) is 4.90 Å². The van der Waals surface area contributed by atoms with Crippen LogP contribution >= 0.6 is 0 Å². The quantitative estimate of drug-likeness (QED) is 0.806. The van der Waals surface area contributed by atoms with Crippen molar-refractivity contribution in [2.24, 2.45) is 5.73 Å². The van der Waals surface area contributed by atoms with E-state index in [1.807, 2.05) is 35.2 Å². The van der Waals surface area contributed by atoms with E-state index in [-0.39, 0.29) is 18.6 Å². The standard InChI is InChI=1S/C15H22N2O3/c16-15(19)14-8-4-5-9-17(14)10-12(18)11-20-13-6-2-1-3-7-13/h1-3,6-7,12,14,18H,4-5,8-11H2,(H2,16,19). The number of piperidine rings is 1. The number of nitrogens with zero attached hydrogens (tertiary/aromatic N) is 1. The monoisotopic (exact) mass is 278 g/mol. The zero-order valence-corrected chi connectivity index (χ0v) is 11.6. The Morgan fingerprint density at radius 1 is 1.40 bits per heavy atom. The van der Waals surface area contributed by atoms with E-state index in [1.54, 1.807) is 0 Å². The van der Waals surface area contributed by atoms with E-state index in [9.17, 15) is 9.90 Å². The molecule has 1 saturated heterocycles. The lowest BCUT2D eigenvalue weighted by Crippen LogP contribution is -2.50. The minimum atomic E-state index is -0.629. The van der Waals surface area contributed by atoms with Crippen LogP contribution in [-0.2, 0) is 4.79 Å². The van der Waals surface area contributed by atoms with E-state index in [2.05, 4.69) is 0 Å². The molecule has 5 heteroatoms. The Hall–Kier alpha value is -1.59. The summed E-state index contributed by atoms with van der Waals surface area (Å²) in [6.45, 7) is 1.43. The molecular formula is C15H22N2O3. The number of rotatable bonds is 6. The van der Waals surface area contributed by atoms with Gasteiger partial charge in [-0.3, -0.25) is 9.69 Å². The van der Waals surface area contributed by atoms with Gasteiger partial charge in [0.1, 0.15) is 18.5 Å². The molecule has 2 atom stereocenters. The molecule has 1 aromatic rings. The van der Waals surface area contributed by atoms with Crippen molar-refractivity contribution in [2.75, 3.05) is 19.7 Å². The maximum absolute atomic E-state index is 11.4. The number of primary amides is 1. The van der Waals surface area contributed by atoms with Crippen molar-refractivity contribution in [1.29, 1.82) is 0 Å². The maximum Gasteiger partial charge on any atom is 0.234 e. The Labute approximate surface area is 119 Å². The lowest BCUT2D eigenvalue weighted by molar-refractivity contribution is -0.125. The molecule has 1 amide bonds. The van der Waals surface area contributed by atoms with Crippen molar-refractivity contribution in [3.05, 3.63) is 30.3 Å². The van der Waals surface area contributed by atoms with Gasteiger partial charge in [0.2, 0.25) is 5.91 Å². The number of para-hydroxylation sites is 1. The van der Waals surface area contributed by atoms with Gasteiger partial charge in [-0.25, -0.2) is 0 Å². The number of carbonyl (C=O) groups excluding carboxylic acids is 1. The van der Waals surface area contributed by atoms with Gasteiger partial charge in [-0.1, -0.05) is 24.6 Å². The molecule has 1 heterocycles. The number of benzene rings is 1. The fourth-order valence-corrected chi connectivity index (χ4v) is 2.56. The number of aliphatic hydroxyl groups is 1. The summed E-state index contributed by atoms with van der Waals surface area (Å²) in [5.74, 6) is 0.428. The minimum Gasteiger partial charge on any atom is -0.491 e. The first kappa shape index (κ1) is 14.8. The van der Waals surface area contributed by atoms with E-state index < -0.39 is 6.10 Å². The zero-order chi connectivity index (χ0) is 14.4. The van der Waals surface area contributed by atoms with Gasteiger partial charge in [0.15, 0.2) is 0 Å². The van der Waals surface area contributed by atoms with Gasteiger partial charge in [-0.05, 0) is 31.5 Å². The largest absolute Gasteiger partial charge is 0.491 e.